The zero-order valence-corrected chi connectivity index (χ0v) is 17.2. The molecule has 152 valence electrons. The molecule has 0 bridgehead atoms. The maximum Gasteiger partial charge on any atom is 0.199 e. The molecule has 1 N–H and O–H groups in total. The van der Waals surface area contributed by atoms with E-state index >= 15 is 0 Å². The first-order valence-electron chi connectivity index (χ1n) is 8.89. The summed E-state index contributed by atoms with van der Waals surface area (Å²) >= 11 is 12.3. The third kappa shape index (κ3) is 3.84. The van der Waals surface area contributed by atoms with Gasteiger partial charge in [-0.25, -0.2) is 9.37 Å². The Morgan fingerprint density at radius 2 is 1.93 bits per heavy atom. The van der Waals surface area contributed by atoms with Crippen molar-refractivity contribution in [2.45, 2.75) is 6.61 Å². The molecule has 4 rings (SSSR count). The molecule has 2 aromatic carbocycles. The van der Waals surface area contributed by atoms with Gasteiger partial charge >= 0.3 is 0 Å². The van der Waals surface area contributed by atoms with Crippen molar-refractivity contribution >= 4 is 40.0 Å². The molecule has 8 heteroatoms. The summed E-state index contributed by atoms with van der Waals surface area (Å²) in [6, 6.07) is 11.3. The first-order valence-corrected chi connectivity index (χ1v) is 9.64. The molecule has 0 spiro atoms. The number of pyridine rings is 1. The van der Waals surface area contributed by atoms with Crippen molar-refractivity contribution in [1.82, 2.24) is 9.97 Å². The molecule has 2 heterocycles. The number of nitrogens with one attached hydrogen (secondary N) is 1. The van der Waals surface area contributed by atoms with Gasteiger partial charge < -0.3 is 14.5 Å². The van der Waals surface area contributed by atoms with E-state index < -0.39 is 11.6 Å². The van der Waals surface area contributed by atoms with Crippen LogP contribution in [0.5, 0.6) is 11.5 Å². The van der Waals surface area contributed by atoms with Crippen LogP contribution in [-0.4, -0.2) is 22.9 Å². The Bertz CT molecular complexity index is 1240. The highest BCUT2D eigenvalue weighted by Gasteiger charge is 2.24. The number of halogens is 3. The van der Waals surface area contributed by atoms with Crippen LogP contribution in [0.1, 0.15) is 21.5 Å². The summed E-state index contributed by atoms with van der Waals surface area (Å²) in [5.41, 5.74) is 1.29. The van der Waals surface area contributed by atoms with Gasteiger partial charge in [-0.3, -0.25) is 4.79 Å². The molecule has 4 aromatic rings. The Labute approximate surface area is 181 Å². The Morgan fingerprint density at radius 3 is 2.67 bits per heavy atom. The summed E-state index contributed by atoms with van der Waals surface area (Å²) in [4.78, 5) is 20.2. The average molecular weight is 445 g/mol. The van der Waals surface area contributed by atoms with Crippen molar-refractivity contribution in [3.63, 3.8) is 0 Å². The molecular weight excluding hydrogens is 430 g/mol. The lowest BCUT2D eigenvalue weighted by molar-refractivity contribution is 0.103. The van der Waals surface area contributed by atoms with Crippen LogP contribution in [0, 0.1) is 5.82 Å². The van der Waals surface area contributed by atoms with Crippen molar-refractivity contribution in [3.05, 3.63) is 87.4 Å². The van der Waals surface area contributed by atoms with Gasteiger partial charge in [0.2, 0.25) is 0 Å². The number of hydrogen-bond donors (Lipinski definition) is 1. The molecule has 0 saturated heterocycles. The normalized spacial score (nSPS) is 10.9. The number of aromatic nitrogens is 2. The second kappa shape index (κ2) is 8.34. The maximum atomic E-state index is 14.6. The number of H-pyrrole nitrogens is 1. The van der Waals surface area contributed by atoms with Crippen LogP contribution in [0.25, 0.3) is 11.0 Å². The summed E-state index contributed by atoms with van der Waals surface area (Å²) in [6.45, 7) is 0.185. The number of hydrogen-bond acceptors (Lipinski definition) is 4. The van der Waals surface area contributed by atoms with E-state index in [0.29, 0.717) is 21.8 Å². The molecule has 0 radical (unpaired) electrons. The zero-order chi connectivity index (χ0) is 21.3. The Kier molecular flexibility index (Phi) is 5.61. The minimum absolute atomic E-state index is 0.0980. The van der Waals surface area contributed by atoms with E-state index in [2.05, 4.69) is 9.97 Å². The number of fused-ring (bicyclic) bond motifs is 1. The second-order valence-corrected chi connectivity index (χ2v) is 7.27. The fraction of sp³-hybridized carbons (Fsp3) is 0.0909. The monoisotopic (exact) mass is 444 g/mol. The first kappa shape index (κ1) is 20.2. The molecule has 0 fully saturated rings. The summed E-state index contributed by atoms with van der Waals surface area (Å²) in [5, 5.41) is 1.01. The molecular formula is C22H15Cl2FN2O3. The zero-order valence-electron chi connectivity index (χ0n) is 15.7. The molecule has 0 amide bonds. The number of carbonyl (C=O) groups excluding carboxylic acids is 1. The molecule has 30 heavy (non-hydrogen) atoms. The van der Waals surface area contributed by atoms with Gasteiger partial charge in [-0.05, 0) is 35.9 Å². The van der Waals surface area contributed by atoms with Gasteiger partial charge in [0, 0.05) is 22.2 Å². The van der Waals surface area contributed by atoms with Gasteiger partial charge in [0.1, 0.15) is 29.6 Å². The maximum absolute atomic E-state index is 14.6. The van der Waals surface area contributed by atoms with Crippen molar-refractivity contribution in [3.8, 4) is 11.5 Å². The van der Waals surface area contributed by atoms with Crippen LogP contribution in [0.15, 0.2) is 54.9 Å². The number of rotatable bonds is 6. The topological polar surface area (TPSA) is 64.2 Å². The van der Waals surface area contributed by atoms with E-state index in [4.69, 9.17) is 32.7 Å². The molecule has 0 unspecified atom stereocenters. The highest BCUT2D eigenvalue weighted by Crippen LogP contribution is 2.34. The fourth-order valence-electron chi connectivity index (χ4n) is 3.01. The van der Waals surface area contributed by atoms with Crippen LogP contribution >= 0.6 is 23.2 Å². The molecule has 2 aromatic heterocycles. The fourth-order valence-corrected chi connectivity index (χ4v) is 3.43. The summed E-state index contributed by atoms with van der Waals surface area (Å²) in [7, 11) is 1.50. The van der Waals surface area contributed by atoms with Crippen molar-refractivity contribution in [1.29, 1.82) is 0 Å². The quantitative estimate of drug-likeness (QED) is 0.380. The third-order valence-corrected chi connectivity index (χ3v) is 5.20. The predicted molar refractivity (Wildman–Crippen MR) is 113 cm³/mol. The van der Waals surface area contributed by atoms with Gasteiger partial charge in [0.05, 0.1) is 23.9 Å². The third-order valence-electron chi connectivity index (χ3n) is 4.58. The predicted octanol–water partition coefficient (Wildman–Crippen LogP) is 5.83. The first-order chi connectivity index (χ1) is 14.5. The van der Waals surface area contributed by atoms with Crippen molar-refractivity contribution in [2.24, 2.45) is 0 Å². The number of carbonyl (C=O) groups is 1. The van der Waals surface area contributed by atoms with Crippen molar-refractivity contribution in [2.75, 3.05) is 7.11 Å². The van der Waals surface area contributed by atoms with E-state index in [1.165, 1.54) is 25.6 Å². The van der Waals surface area contributed by atoms with Crippen LogP contribution in [0.2, 0.25) is 10.0 Å². The molecule has 0 aliphatic carbocycles. The van der Waals surface area contributed by atoms with Gasteiger partial charge in [0.25, 0.3) is 0 Å². The highest BCUT2D eigenvalue weighted by molar-refractivity contribution is 6.37. The standard InChI is InChI=1S/C22H15Cl2FN2O3/c1-29-14-8-15-16(10-27-22(15)26-9-14)21(28)19-17(25)6-7-18(20(19)24)30-11-12-2-4-13(23)5-3-12/h2-10H,11H2,1H3,(H,26,27). The molecule has 5 nitrogen and oxygen atoms in total. The highest BCUT2D eigenvalue weighted by atomic mass is 35.5. The van der Waals surface area contributed by atoms with E-state index in [9.17, 15) is 9.18 Å². The Morgan fingerprint density at radius 1 is 1.17 bits per heavy atom. The number of ether oxygens (including phenoxy) is 2. The lowest BCUT2D eigenvalue weighted by Gasteiger charge is -2.12. The van der Waals surface area contributed by atoms with Gasteiger partial charge in [-0.2, -0.15) is 0 Å². The van der Waals surface area contributed by atoms with Crippen LogP contribution in [-0.2, 0) is 6.61 Å². The van der Waals surface area contributed by atoms with Crippen LogP contribution in [0.4, 0.5) is 4.39 Å². The average Bonchev–Trinajstić information content (AvgIpc) is 3.17. The largest absolute Gasteiger partial charge is 0.495 e. The lowest BCUT2D eigenvalue weighted by atomic mass is 10.0. The van der Waals surface area contributed by atoms with Gasteiger partial charge in [-0.1, -0.05) is 35.3 Å². The Balaban J connectivity index is 1.68. The number of methoxy groups -OCH3 is 1. The van der Waals surface area contributed by atoms with Crippen LogP contribution in [0.3, 0.4) is 0 Å². The molecule has 0 saturated carbocycles. The second-order valence-electron chi connectivity index (χ2n) is 6.45. The van der Waals surface area contributed by atoms with Crippen LogP contribution < -0.4 is 9.47 Å². The van der Waals surface area contributed by atoms with E-state index in [-0.39, 0.29) is 28.5 Å². The molecule has 0 aliphatic rings. The number of ketones is 1. The van der Waals surface area contributed by atoms with Gasteiger partial charge in [0.15, 0.2) is 5.78 Å². The van der Waals surface area contributed by atoms with Crippen molar-refractivity contribution < 1.29 is 18.7 Å². The Hall–Kier alpha value is -3.09. The van der Waals surface area contributed by atoms with E-state index in [1.807, 2.05) is 0 Å². The number of aromatic amines is 1. The number of nitrogens with zero attached hydrogens (tertiary/aromatic N) is 1. The molecule has 0 aliphatic heterocycles. The smallest absolute Gasteiger partial charge is 0.199 e. The van der Waals surface area contributed by atoms with E-state index in [0.717, 1.165) is 11.6 Å². The minimum Gasteiger partial charge on any atom is -0.495 e. The summed E-state index contributed by atoms with van der Waals surface area (Å²) in [5.74, 6) is -0.653. The summed E-state index contributed by atoms with van der Waals surface area (Å²) < 4.78 is 25.5. The summed E-state index contributed by atoms with van der Waals surface area (Å²) in [6.07, 6.45) is 2.99. The lowest BCUT2D eigenvalue weighted by Crippen LogP contribution is -2.07. The minimum atomic E-state index is -0.742. The SMILES string of the molecule is COc1cnc2[nH]cc(C(=O)c3c(F)ccc(OCc4ccc(Cl)cc4)c3Cl)c2c1. The van der Waals surface area contributed by atoms with Gasteiger partial charge in [-0.15, -0.1) is 0 Å². The van der Waals surface area contributed by atoms with E-state index in [1.54, 1.807) is 30.3 Å². The molecule has 0 atom stereocenters. The number of benzene rings is 2.